The Bertz CT molecular complexity index is 305. The fourth-order valence-corrected chi connectivity index (χ4v) is 1.61. The molecule has 15 heavy (non-hydrogen) atoms. The maximum atomic E-state index is 5.48. The Morgan fingerprint density at radius 2 is 2.20 bits per heavy atom. The van der Waals surface area contributed by atoms with Crippen LogP contribution < -0.4 is 10.6 Å². The van der Waals surface area contributed by atoms with Crippen molar-refractivity contribution in [3.63, 3.8) is 0 Å². The largest absolute Gasteiger partial charge is 0.355 e. The highest BCUT2D eigenvalue weighted by molar-refractivity contribution is 5.35. The molecule has 0 amide bonds. The lowest BCUT2D eigenvalue weighted by Gasteiger charge is -2.21. The van der Waals surface area contributed by atoms with Gasteiger partial charge in [-0.25, -0.2) is 4.98 Å². The number of rotatable bonds is 5. The summed E-state index contributed by atoms with van der Waals surface area (Å²) in [7, 11) is 0. The van der Waals surface area contributed by atoms with E-state index in [1.165, 1.54) is 12.8 Å². The average Bonchev–Trinajstić information content (AvgIpc) is 3.10. The van der Waals surface area contributed by atoms with Crippen LogP contribution in [0.2, 0.25) is 0 Å². The molecule has 0 unspecified atom stereocenters. The van der Waals surface area contributed by atoms with Crippen LogP contribution in [0, 0.1) is 5.92 Å². The molecule has 1 aromatic heterocycles. The molecule has 0 aliphatic heterocycles. The number of nitrogens with zero attached hydrogens (tertiary/aromatic N) is 3. The van der Waals surface area contributed by atoms with Gasteiger partial charge in [-0.15, -0.1) is 0 Å². The van der Waals surface area contributed by atoms with Crippen molar-refractivity contribution in [2.45, 2.75) is 26.3 Å². The Balaban J connectivity index is 2.03. The predicted molar refractivity (Wildman–Crippen MR) is 60.5 cm³/mol. The first kappa shape index (κ1) is 10.4. The highest BCUT2D eigenvalue weighted by Crippen LogP contribution is 2.30. The number of anilines is 1. The van der Waals surface area contributed by atoms with E-state index in [4.69, 9.17) is 5.73 Å². The van der Waals surface area contributed by atoms with Crippen LogP contribution in [0.5, 0.6) is 0 Å². The minimum Gasteiger partial charge on any atom is -0.355 e. The van der Waals surface area contributed by atoms with Gasteiger partial charge in [0.25, 0.3) is 0 Å². The molecule has 0 bridgehead atoms. The summed E-state index contributed by atoms with van der Waals surface area (Å²) in [6.45, 7) is 4.73. The minimum atomic E-state index is 0.460. The summed E-state index contributed by atoms with van der Waals surface area (Å²) in [5.74, 6) is 1.85. The van der Waals surface area contributed by atoms with Gasteiger partial charge in [-0.05, 0) is 25.7 Å². The third-order valence-corrected chi connectivity index (χ3v) is 2.78. The molecule has 2 rings (SSSR count). The van der Waals surface area contributed by atoms with Gasteiger partial charge < -0.3 is 10.6 Å². The first-order chi connectivity index (χ1) is 7.33. The molecule has 0 spiro atoms. The van der Waals surface area contributed by atoms with Gasteiger partial charge in [-0.2, -0.15) is 0 Å². The van der Waals surface area contributed by atoms with E-state index < -0.39 is 0 Å². The molecule has 4 nitrogen and oxygen atoms in total. The molecule has 0 atom stereocenters. The van der Waals surface area contributed by atoms with Crippen molar-refractivity contribution in [1.82, 2.24) is 9.97 Å². The van der Waals surface area contributed by atoms with Crippen LogP contribution in [0.15, 0.2) is 12.4 Å². The lowest BCUT2D eigenvalue weighted by atomic mass is 10.3. The topological polar surface area (TPSA) is 55.0 Å². The van der Waals surface area contributed by atoms with Gasteiger partial charge in [-0.3, -0.25) is 4.98 Å². The molecule has 1 fully saturated rings. The third kappa shape index (κ3) is 2.65. The van der Waals surface area contributed by atoms with Crippen molar-refractivity contribution < 1.29 is 0 Å². The normalized spacial score (nSPS) is 15.3. The molecule has 1 aromatic rings. The molecule has 1 aliphatic carbocycles. The van der Waals surface area contributed by atoms with Crippen LogP contribution in [0.1, 0.15) is 25.5 Å². The second-order valence-electron chi connectivity index (χ2n) is 4.05. The summed E-state index contributed by atoms with van der Waals surface area (Å²) in [4.78, 5) is 10.9. The molecule has 1 saturated carbocycles. The second kappa shape index (κ2) is 4.57. The Hall–Kier alpha value is -1.16. The number of nitrogens with two attached hydrogens (primary N) is 1. The maximum Gasteiger partial charge on any atom is 0.147 e. The van der Waals surface area contributed by atoms with Crippen LogP contribution >= 0.6 is 0 Å². The molecule has 0 aromatic carbocycles. The Labute approximate surface area is 90.5 Å². The van der Waals surface area contributed by atoms with Gasteiger partial charge >= 0.3 is 0 Å². The highest BCUT2D eigenvalue weighted by atomic mass is 15.2. The van der Waals surface area contributed by atoms with Crippen molar-refractivity contribution in [2.24, 2.45) is 11.7 Å². The maximum absolute atomic E-state index is 5.48. The molecule has 4 heteroatoms. The summed E-state index contributed by atoms with van der Waals surface area (Å²) < 4.78 is 0. The number of hydrogen-bond acceptors (Lipinski definition) is 4. The monoisotopic (exact) mass is 206 g/mol. The van der Waals surface area contributed by atoms with Gasteiger partial charge in [0.1, 0.15) is 5.82 Å². The lowest BCUT2D eigenvalue weighted by Crippen LogP contribution is -2.26. The summed E-state index contributed by atoms with van der Waals surface area (Å²) in [5, 5.41) is 0. The molecule has 0 radical (unpaired) electrons. The average molecular weight is 206 g/mol. The van der Waals surface area contributed by atoms with E-state index in [0.29, 0.717) is 6.54 Å². The van der Waals surface area contributed by atoms with Crippen molar-refractivity contribution in [1.29, 1.82) is 0 Å². The zero-order valence-corrected chi connectivity index (χ0v) is 9.19. The molecule has 1 aliphatic rings. The zero-order chi connectivity index (χ0) is 10.7. The predicted octanol–water partition coefficient (Wildman–Crippen LogP) is 1.17. The summed E-state index contributed by atoms with van der Waals surface area (Å²) >= 11 is 0. The smallest absolute Gasteiger partial charge is 0.147 e. The summed E-state index contributed by atoms with van der Waals surface area (Å²) in [5.41, 5.74) is 6.33. The summed E-state index contributed by atoms with van der Waals surface area (Å²) in [6, 6.07) is 0. The SMILES string of the molecule is CCN(CC1CC1)c1cnc(CN)cn1. The van der Waals surface area contributed by atoms with Crippen LogP contribution in [0.25, 0.3) is 0 Å². The summed E-state index contributed by atoms with van der Waals surface area (Å²) in [6.07, 6.45) is 6.33. The van der Waals surface area contributed by atoms with Crippen LogP contribution in [-0.2, 0) is 6.54 Å². The lowest BCUT2D eigenvalue weighted by molar-refractivity contribution is 0.728. The standard InChI is InChI=1S/C11H18N4/c1-2-15(8-9-3-4-9)11-7-13-10(5-12)6-14-11/h6-7,9H,2-5,8,12H2,1H3. The van der Waals surface area contributed by atoms with E-state index in [-0.39, 0.29) is 0 Å². The molecule has 1 heterocycles. The van der Waals surface area contributed by atoms with E-state index in [1.807, 2.05) is 6.20 Å². The molecule has 82 valence electrons. The van der Waals surface area contributed by atoms with Crippen LogP contribution in [0.3, 0.4) is 0 Å². The Morgan fingerprint density at radius 3 is 2.67 bits per heavy atom. The quantitative estimate of drug-likeness (QED) is 0.785. The van der Waals surface area contributed by atoms with Crippen molar-refractivity contribution in [3.05, 3.63) is 18.1 Å². The Kier molecular flexibility index (Phi) is 3.16. The minimum absolute atomic E-state index is 0.460. The Morgan fingerprint density at radius 1 is 1.40 bits per heavy atom. The fraction of sp³-hybridized carbons (Fsp3) is 0.636. The van der Waals surface area contributed by atoms with Crippen molar-refractivity contribution in [2.75, 3.05) is 18.0 Å². The zero-order valence-electron chi connectivity index (χ0n) is 9.19. The first-order valence-corrected chi connectivity index (χ1v) is 5.59. The second-order valence-corrected chi connectivity index (χ2v) is 4.05. The van der Waals surface area contributed by atoms with E-state index in [2.05, 4.69) is 21.8 Å². The number of hydrogen-bond donors (Lipinski definition) is 1. The molecular weight excluding hydrogens is 188 g/mol. The van der Waals surface area contributed by atoms with Gasteiger partial charge in [0.15, 0.2) is 0 Å². The van der Waals surface area contributed by atoms with Gasteiger partial charge in [0, 0.05) is 19.6 Å². The van der Waals surface area contributed by atoms with E-state index in [9.17, 15) is 0 Å². The fourth-order valence-electron chi connectivity index (χ4n) is 1.61. The molecule has 2 N–H and O–H groups in total. The highest BCUT2D eigenvalue weighted by Gasteiger charge is 2.24. The van der Waals surface area contributed by atoms with E-state index in [0.717, 1.165) is 30.5 Å². The molecule has 0 saturated heterocycles. The van der Waals surface area contributed by atoms with E-state index in [1.54, 1.807) is 6.20 Å². The van der Waals surface area contributed by atoms with Gasteiger partial charge in [-0.1, -0.05) is 0 Å². The van der Waals surface area contributed by atoms with Crippen molar-refractivity contribution >= 4 is 5.82 Å². The number of aromatic nitrogens is 2. The van der Waals surface area contributed by atoms with Crippen LogP contribution in [-0.4, -0.2) is 23.1 Å². The van der Waals surface area contributed by atoms with Gasteiger partial charge in [0.05, 0.1) is 18.1 Å². The van der Waals surface area contributed by atoms with Crippen molar-refractivity contribution in [3.8, 4) is 0 Å². The van der Waals surface area contributed by atoms with Crippen LogP contribution in [0.4, 0.5) is 5.82 Å². The molecular formula is C11H18N4. The van der Waals surface area contributed by atoms with E-state index >= 15 is 0 Å². The third-order valence-electron chi connectivity index (χ3n) is 2.78. The first-order valence-electron chi connectivity index (χ1n) is 5.59. The van der Waals surface area contributed by atoms with Gasteiger partial charge in [0.2, 0.25) is 0 Å².